The van der Waals surface area contributed by atoms with Crippen LogP contribution in [0.3, 0.4) is 0 Å². The smallest absolute Gasteiger partial charge is 0.339 e. The van der Waals surface area contributed by atoms with Crippen molar-refractivity contribution >= 4 is 23.3 Å². The van der Waals surface area contributed by atoms with Crippen LogP contribution in [0.15, 0.2) is 42.5 Å². The number of nitrogens with zero attached hydrogens (tertiary/aromatic N) is 2. The molecule has 0 fully saturated rings. The lowest BCUT2D eigenvalue weighted by Gasteiger charge is -2.13. The number of carbonyl (C=O) groups is 2. The van der Waals surface area contributed by atoms with E-state index in [-0.39, 0.29) is 30.0 Å². The molecule has 0 heterocycles. The molecular weight excluding hydrogens is 374 g/mol. The third kappa shape index (κ3) is 6.03. The molecule has 0 aliphatic carbocycles. The van der Waals surface area contributed by atoms with Crippen LogP contribution in [0, 0.1) is 10.1 Å². The van der Waals surface area contributed by atoms with Crippen LogP contribution in [0.5, 0.6) is 0 Å². The third-order valence-electron chi connectivity index (χ3n) is 4.32. The van der Waals surface area contributed by atoms with E-state index < -0.39 is 16.8 Å². The molecule has 1 N–H and O–H groups in total. The predicted molar refractivity (Wildman–Crippen MR) is 110 cm³/mol. The van der Waals surface area contributed by atoms with Crippen LogP contribution >= 0.6 is 0 Å². The van der Waals surface area contributed by atoms with E-state index in [2.05, 4.69) is 5.32 Å². The number of amides is 1. The Kier molecular flexibility index (Phi) is 7.70. The molecule has 0 saturated heterocycles. The van der Waals surface area contributed by atoms with Crippen LogP contribution in [0.25, 0.3) is 0 Å². The Labute approximate surface area is 169 Å². The Morgan fingerprint density at radius 3 is 2.38 bits per heavy atom. The number of esters is 1. The van der Waals surface area contributed by atoms with Crippen LogP contribution in [-0.4, -0.2) is 37.5 Å². The zero-order valence-electron chi connectivity index (χ0n) is 16.8. The van der Waals surface area contributed by atoms with Gasteiger partial charge in [-0.25, -0.2) is 4.79 Å². The molecular formula is C21H25N3O5. The van der Waals surface area contributed by atoms with Gasteiger partial charge in [0, 0.05) is 38.5 Å². The number of carbonyl (C=O) groups excluding carboxylic acids is 2. The first kappa shape index (κ1) is 21.9. The van der Waals surface area contributed by atoms with Gasteiger partial charge in [-0.1, -0.05) is 25.5 Å². The highest BCUT2D eigenvalue weighted by Gasteiger charge is 2.22. The normalized spacial score (nSPS) is 10.3. The number of hydrogen-bond donors (Lipinski definition) is 1. The molecule has 2 aromatic carbocycles. The fourth-order valence-electron chi connectivity index (χ4n) is 2.59. The highest BCUT2D eigenvalue weighted by Crippen LogP contribution is 2.20. The number of nitro benzene ring substituents is 1. The summed E-state index contributed by atoms with van der Waals surface area (Å²) in [5.41, 5.74) is 1.58. The standard InChI is InChI=1S/C21H25N3O5/c1-4-5-12-29-21(26)19-13-17(24(27)28)10-11-18(19)20(25)22-14-15-6-8-16(9-7-15)23(2)3/h6-11,13H,4-5,12,14H2,1-3H3,(H,22,25). The van der Waals surface area contributed by atoms with Crippen molar-refractivity contribution in [2.75, 3.05) is 25.6 Å². The SMILES string of the molecule is CCCCOC(=O)c1cc([N+](=O)[O-])ccc1C(=O)NCc1ccc(N(C)C)cc1. The molecule has 0 bridgehead atoms. The average Bonchev–Trinajstić information content (AvgIpc) is 2.71. The quantitative estimate of drug-likeness (QED) is 0.299. The number of nitrogens with one attached hydrogen (secondary N) is 1. The lowest BCUT2D eigenvalue weighted by Crippen LogP contribution is -2.25. The summed E-state index contributed by atoms with van der Waals surface area (Å²) >= 11 is 0. The van der Waals surface area contributed by atoms with E-state index in [1.165, 1.54) is 12.1 Å². The van der Waals surface area contributed by atoms with Crippen molar-refractivity contribution in [2.24, 2.45) is 0 Å². The van der Waals surface area contributed by atoms with Crippen molar-refractivity contribution < 1.29 is 19.2 Å². The minimum atomic E-state index is -0.748. The molecule has 1 amide bonds. The Morgan fingerprint density at radius 2 is 1.79 bits per heavy atom. The summed E-state index contributed by atoms with van der Waals surface area (Å²) in [5, 5.41) is 13.8. The minimum Gasteiger partial charge on any atom is -0.462 e. The molecule has 0 aliphatic rings. The topological polar surface area (TPSA) is 102 Å². The van der Waals surface area contributed by atoms with Gasteiger partial charge >= 0.3 is 5.97 Å². The molecule has 0 unspecified atom stereocenters. The van der Waals surface area contributed by atoms with Gasteiger partial charge in [-0.2, -0.15) is 0 Å². The number of nitro groups is 1. The summed E-state index contributed by atoms with van der Waals surface area (Å²) in [6.45, 7) is 2.40. The summed E-state index contributed by atoms with van der Waals surface area (Å²) in [5.74, 6) is -1.25. The molecule has 0 atom stereocenters. The van der Waals surface area contributed by atoms with Crippen LogP contribution in [0.1, 0.15) is 46.0 Å². The lowest BCUT2D eigenvalue weighted by molar-refractivity contribution is -0.384. The van der Waals surface area contributed by atoms with Crippen molar-refractivity contribution in [3.8, 4) is 0 Å². The third-order valence-corrected chi connectivity index (χ3v) is 4.32. The summed E-state index contributed by atoms with van der Waals surface area (Å²) in [4.78, 5) is 37.4. The number of rotatable bonds is 9. The van der Waals surface area contributed by atoms with Gasteiger partial charge in [-0.05, 0) is 30.2 Å². The van der Waals surface area contributed by atoms with Crippen LogP contribution in [-0.2, 0) is 11.3 Å². The molecule has 0 aromatic heterocycles. The van der Waals surface area contributed by atoms with E-state index in [4.69, 9.17) is 4.74 Å². The Bertz CT molecular complexity index is 878. The largest absolute Gasteiger partial charge is 0.462 e. The maximum absolute atomic E-state index is 12.6. The predicted octanol–water partition coefficient (Wildman–Crippen LogP) is 3.55. The van der Waals surface area contributed by atoms with Crippen molar-refractivity contribution in [2.45, 2.75) is 26.3 Å². The number of hydrogen-bond acceptors (Lipinski definition) is 6. The number of benzene rings is 2. The highest BCUT2D eigenvalue weighted by atomic mass is 16.6. The molecule has 8 nitrogen and oxygen atoms in total. The van der Waals surface area contributed by atoms with Gasteiger partial charge in [-0.3, -0.25) is 14.9 Å². The highest BCUT2D eigenvalue weighted by molar-refractivity contribution is 6.05. The molecule has 29 heavy (non-hydrogen) atoms. The molecule has 2 aromatic rings. The second-order valence-electron chi connectivity index (χ2n) is 6.72. The number of non-ortho nitro benzene ring substituents is 1. The minimum absolute atomic E-state index is 0.0435. The molecule has 8 heteroatoms. The van der Waals surface area contributed by atoms with Gasteiger partial charge in [0.1, 0.15) is 0 Å². The molecule has 0 spiro atoms. The average molecular weight is 399 g/mol. The second kappa shape index (κ2) is 10.2. The van der Waals surface area contributed by atoms with Crippen LogP contribution < -0.4 is 10.2 Å². The summed E-state index contributed by atoms with van der Waals surface area (Å²) in [6, 6.07) is 11.2. The van der Waals surface area contributed by atoms with Crippen molar-refractivity contribution in [3.05, 3.63) is 69.3 Å². The van der Waals surface area contributed by atoms with E-state index in [1.54, 1.807) is 0 Å². The Morgan fingerprint density at radius 1 is 1.10 bits per heavy atom. The fraction of sp³-hybridized carbons (Fsp3) is 0.333. The lowest BCUT2D eigenvalue weighted by atomic mass is 10.1. The summed E-state index contributed by atoms with van der Waals surface area (Å²) in [6.07, 6.45) is 1.51. The molecule has 0 aliphatic heterocycles. The summed E-state index contributed by atoms with van der Waals surface area (Å²) in [7, 11) is 3.87. The van der Waals surface area contributed by atoms with Gasteiger partial charge in [0.05, 0.1) is 22.7 Å². The van der Waals surface area contributed by atoms with E-state index in [0.29, 0.717) is 6.42 Å². The van der Waals surface area contributed by atoms with E-state index in [1.807, 2.05) is 50.2 Å². The van der Waals surface area contributed by atoms with Gasteiger partial charge < -0.3 is 15.0 Å². The number of ether oxygens (including phenoxy) is 1. The second-order valence-corrected chi connectivity index (χ2v) is 6.72. The van der Waals surface area contributed by atoms with Gasteiger partial charge in [0.2, 0.25) is 0 Å². The Balaban J connectivity index is 2.16. The van der Waals surface area contributed by atoms with Crippen LogP contribution in [0.2, 0.25) is 0 Å². The fourth-order valence-corrected chi connectivity index (χ4v) is 2.59. The van der Waals surface area contributed by atoms with Gasteiger partial charge in [-0.15, -0.1) is 0 Å². The van der Waals surface area contributed by atoms with E-state index in [9.17, 15) is 19.7 Å². The number of anilines is 1. The van der Waals surface area contributed by atoms with Gasteiger partial charge in [0.15, 0.2) is 0 Å². The molecule has 2 rings (SSSR count). The molecule has 0 saturated carbocycles. The molecule has 154 valence electrons. The van der Waals surface area contributed by atoms with Crippen molar-refractivity contribution in [1.82, 2.24) is 5.32 Å². The maximum atomic E-state index is 12.6. The zero-order chi connectivity index (χ0) is 21.4. The summed E-state index contributed by atoms with van der Waals surface area (Å²) < 4.78 is 5.15. The first-order valence-corrected chi connectivity index (χ1v) is 9.33. The van der Waals surface area contributed by atoms with E-state index in [0.717, 1.165) is 23.7 Å². The van der Waals surface area contributed by atoms with E-state index >= 15 is 0 Å². The zero-order valence-corrected chi connectivity index (χ0v) is 16.8. The first-order valence-electron chi connectivity index (χ1n) is 9.33. The monoisotopic (exact) mass is 399 g/mol. The Hall–Kier alpha value is -3.42. The first-order chi connectivity index (χ1) is 13.8. The maximum Gasteiger partial charge on any atom is 0.339 e. The van der Waals surface area contributed by atoms with Gasteiger partial charge in [0.25, 0.3) is 11.6 Å². The van der Waals surface area contributed by atoms with Crippen molar-refractivity contribution in [1.29, 1.82) is 0 Å². The number of unbranched alkanes of at least 4 members (excludes halogenated alkanes) is 1. The van der Waals surface area contributed by atoms with Crippen molar-refractivity contribution in [3.63, 3.8) is 0 Å². The molecule has 0 radical (unpaired) electrons. The van der Waals surface area contributed by atoms with Crippen LogP contribution in [0.4, 0.5) is 11.4 Å².